The number of nitrogens with one attached hydrogen (secondary N) is 1. The smallest absolute Gasteiger partial charge is 0.0674 e. The van der Waals surface area contributed by atoms with Gasteiger partial charge in [-0.3, -0.25) is 4.90 Å². The summed E-state index contributed by atoms with van der Waals surface area (Å²) in [6.45, 7) is 14.5. The molecule has 0 bridgehead atoms. The van der Waals surface area contributed by atoms with Gasteiger partial charge in [0.2, 0.25) is 0 Å². The minimum atomic E-state index is 0.411. The molecule has 1 saturated heterocycles. The molecular weight excluding hydrogens is 224 g/mol. The molecule has 0 aromatic heterocycles. The summed E-state index contributed by atoms with van der Waals surface area (Å²) in [5, 5.41) is 3.51. The predicted octanol–water partition coefficient (Wildman–Crippen LogP) is 2.51. The van der Waals surface area contributed by atoms with Gasteiger partial charge in [-0.2, -0.15) is 0 Å². The second kappa shape index (κ2) is 8.89. The molecule has 2 unspecified atom stereocenters. The molecule has 18 heavy (non-hydrogen) atoms. The molecule has 0 aromatic carbocycles. The number of hydrogen-bond donors (Lipinski definition) is 1. The molecule has 0 amide bonds. The topological polar surface area (TPSA) is 24.5 Å². The summed E-state index contributed by atoms with van der Waals surface area (Å²) >= 11 is 0. The summed E-state index contributed by atoms with van der Waals surface area (Å²) in [5.74, 6) is 0.765. The first-order valence-corrected chi connectivity index (χ1v) is 7.66. The lowest BCUT2D eigenvalue weighted by Crippen LogP contribution is -2.47. The zero-order chi connectivity index (χ0) is 13.4. The van der Waals surface area contributed by atoms with Crippen molar-refractivity contribution < 1.29 is 4.74 Å². The molecule has 0 aromatic rings. The van der Waals surface area contributed by atoms with Crippen molar-refractivity contribution in [1.29, 1.82) is 0 Å². The minimum Gasteiger partial charge on any atom is -0.376 e. The van der Waals surface area contributed by atoms with Crippen LogP contribution in [0.2, 0.25) is 0 Å². The maximum Gasteiger partial charge on any atom is 0.0674 e. The largest absolute Gasteiger partial charge is 0.376 e. The first-order chi connectivity index (χ1) is 8.59. The van der Waals surface area contributed by atoms with E-state index < -0.39 is 0 Å². The average molecular weight is 256 g/mol. The Balaban J connectivity index is 1.96. The van der Waals surface area contributed by atoms with Gasteiger partial charge < -0.3 is 10.1 Å². The Labute approximate surface area is 113 Å². The van der Waals surface area contributed by atoms with Gasteiger partial charge in [0, 0.05) is 12.6 Å². The zero-order valence-electron chi connectivity index (χ0n) is 12.7. The number of rotatable bonds is 8. The molecule has 3 heteroatoms. The third-order valence-electron chi connectivity index (χ3n) is 3.59. The first kappa shape index (κ1) is 15.9. The maximum atomic E-state index is 5.65. The number of ether oxygens (including phenoxy) is 1. The number of unbranched alkanes of at least 4 members (excludes halogenated alkanes) is 2. The molecule has 0 radical (unpaired) electrons. The fourth-order valence-electron chi connectivity index (χ4n) is 2.42. The van der Waals surface area contributed by atoms with Crippen molar-refractivity contribution in [2.45, 2.75) is 59.1 Å². The Morgan fingerprint density at radius 1 is 1.22 bits per heavy atom. The van der Waals surface area contributed by atoms with Crippen molar-refractivity contribution in [2.75, 3.05) is 32.8 Å². The van der Waals surface area contributed by atoms with Crippen LogP contribution in [-0.4, -0.2) is 49.8 Å². The standard InChI is InChI=1S/C15H32N2O/c1-13(2)10-16-8-6-5-7-9-17-11-15(4)18-12-14(17)3/h13-16H,5-12H2,1-4H3. The fraction of sp³-hybridized carbons (Fsp3) is 1.00. The lowest BCUT2D eigenvalue weighted by atomic mass is 10.1. The third-order valence-corrected chi connectivity index (χ3v) is 3.59. The molecule has 3 nitrogen and oxygen atoms in total. The van der Waals surface area contributed by atoms with Crippen molar-refractivity contribution in [3.63, 3.8) is 0 Å². The van der Waals surface area contributed by atoms with E-state index >= 15 is 0 Å². The third kappa shape index (κ3) is 6.72. The van der Waals surface area contributed by atoms with Crippen LogP contribution in [0.15, 0.2) is 0 Å². The van der Waals surface area contributed by atoms with Gasteiger partial charge in [-0.15, -0.1) is 0 Å². The van der Waals surface area contributed by atoms with Crippen molar-refractivity contribution in [3.05, 3.63) is 0 Å². The minimum absolute atomic E-state index is 0.411. The second-order valence-corrected chi connectivity index (χ2v) is 6.15. The molecule has 1 N–H and O–H groups in total. The van der Waals surface area contributed by atoms with Crippen molar-refractivity contribution >= 4 is 0 Å². The van der Waals surface area contributed by atoms with Crippen LogP contribution in [0, 0.1) is 5.92 Å². The second-order valence-electron chi connectivity index (χ2n) is 6.15. The number of morpholine rings is 1. The van der Waals surface area contributed by atoms with Crippen LogP contribution in [-0.2, 0) is 4.74 Å². The summed E-state index contributed by atoms with van der Waals surface area (Å²) < 4.78 is 5.65. The molecule has 1 heterocycles. The van der Waals surface area contributed by atoms with E-state index in [0.29, 0.717) is 12.1 Å². The SMILES string of the molecule is CC(C)CNCCCCCN1CC(C)OCC1C. The van der Waals surface area contributed by atoms with Crippen molar-refractivity contribution in [3.8, 4) is 0 Å². The highest BCUT2D eigenvalue weighted by molar-refractivity contribution is 4.74. The zero-order valence-corrected chi connectivity index (χ0v) is 12.7. The van der Waals surface area contributed by atoms with Gasteiger partial charge in [-0.1, -0.05) is 20.3 Å². The molecule has 0 aliphatic carbocycles. The van der Waals surface area contributed by atoms with Gasteiger partial charge in [-0.25, -0.2) is 0 Å². The van der Waals surface area contributed by atoms with Crippen molar-refractivity contribution in [1.82, 2.24) is 10.2 Å². The monoisotopic (exact) mass is 256 g/mol. The first-order valence-electron chi connectivity index (χ1n) is 7.66. The quantitative estimate of drug-likeness (QED) is 0.675. The Hall–Kier alpha value is -0.120. The Kier molecular flexibility index (Phi) is 7.87. The molecule has 2 atom stereocenters. The molecule has 1 aliphatic rings. The van der Waals surface area contributed by atoms with E-state index in [1.807, 2.05) is 0 Å². The van der Waals surface area contributed by atoms with Gasteiger partial charge in [0.25, 0.3) is 0 Å². The van der Waals surface area contributed by atoms with Crippen LogP contribution >= 0.6 is 0 Å². The van der Waals surface area contributed by atoms with Crippen LogP contribution < -0.4 is 5.32 Å². The molecule has 1 rings (SSSR count). The summed E-state index contributed by atoms with van der Waals surface area (Å²) in [6.07, 6.45) is 4.37. The lowest BCUT2D eigenvalue weighted by Gasteiger charge is -2.36. The molecule has 1 fully saturated rings. The van der Waals surface area contributed by atoms with Gasteiger partial charge in [0.15, 0.2) is 0 Å². The van der Waals surface area contributed by atoms with E-state index in [9.17, 15) is 0 Å². The van der Waals surface area contributed by atoms with Crippen LogP contribution in [0.25, 0.3) is 0 Å². The molecule has 1 aliphatic heterocycles. The number of hydrogen-bond acceptors (Lipinski definition) is 3. The molecular formula is C15H32N2O. The van der Waals surface area contributed by atoms with E-state index in [1.54, 1.807) is 0 Å². The summed E-state index contributed by atoms with van der Waals surface area (Å²) in [6, 6.07) is 0.597. The van der Waals surface area contributed by atoms with E-state index in [-0.39, 0.29) is 0 Å². The summed E-state index contributed by atoms with van der Waals surface area (Å²) in [4.78, 5) is 2.58. The summed E-state index contributed by atoms with van der Waals surface area (Å²) in [5.41, 5.74) is 0. The van der Waals surface area contributed by atoms with Gasteiger partial charge in [0.05, 0.1) is 12.7 Å². The fourth-order valence-corrected chi connectivity index (χ4v) is 2.42. The Morgan fingerprint density at radius 3 is 2.72 bits per heavy atom. The Morgan fingerprint density at radius 2 is 2.00 bits per heavy atom. The average Bonchev–Trinajstić information content (AvgIpc) is 2.32. The van der Waals surface area contributed by atoms with E-state index in [4.69, 9.17) is 4.74 Å². The summed E-state index contributed by atoms with van der Waals surface area (Å²) in [7, 11) is 0. The van der Waals surface area contributed by atoms with Gasteiger partial charge >= 0.3 is 0 Å². The lowest BCUT2D eigenvalue weighted by molar-refractivity contribution is -0.0496. The molecule has 0 saturated carbocycles. The highest BCUT2D eigenvalue weighted by Gasteiger charge is 2.22. The highest BCUT2D eigenvalue weighted by Crippen LogP contribution is 2.12. The highest BCUT2D eigenvalue weighted by atomic mass is 16.5. The predicted molar refractivity (Wildman–Crippen MR) is 78.0 cm³/mol. The maximum absolute atomic E-state index is 5.65. The normalized spacial score (nSPS) is 25.8. The van der Waals surface area contributed by atoms with E-state index in [1.165, 1.54) is 32.4 Å². The molecule has 108 valence electrons. The van der Waals surface area contributed by atoms with Crippen molar-refractivity contribution in [2.24, 2.45) is 5.92 Å². The number of nitrogens with zero attached hydrogens (tertiary/aromatic N) is 1. The van der Waals surface area contributed by atoms with Crippen LogP contribution in [0.1, 0.15) is 47.0 Å². The van der Waals surface area contributed by atoms with Crippen LogP contribution in [0.3, 0.4) is 0 Å². The van der Waals surface area contributed by atoms with Gasteiger partial charge in [-0.05, 0) is 52.2 Å². The van der Waals surface area contributed by atoms with Crippen LogP contribution in [0.4, 0.5) is 0 Å². The Bertz CT molecular complexity index is 209. The van der Waals surface area contributed by atoms with Gasteiger partial charge in [0.1, 0.15) is 0 Å². The van der Waals surface area contributed by atoms with Crippen LogP contribution in [0.5, 0.6) is 0 Å². The molecule has 0 spiro atoms. The van der Waals surface area contributed by atoms with E-state index in [2.05, 4.69) is 37.9 Å². The van der Waals surface area contributed by atoms with E-state index in [0.717, 1.165) is 25.6 Å².